The Morgan fingerprint density at radius 1 is 1.15 bits per heavy atom. The summed E-state index contributed by atoms with van der Waals surface area (Å²) < 4.78 is 11.9. The van der Waals surface area contributed by atoms with Crippen LogP contribution in [-0.2, 0) is 4.79 Å². The Morgan fingerprint density at radius 3 is 2.59 bits per heavy atom. The lowest BCUT2D eigenvalue weighted by Gasteiger charge is -2.08. The summed E-state index contributed by atoms with van der Waals surface area (Å²) in [5.41, 5.74) is 1.98. The number of halogens is 1. The molecule has 140 valence electrons. The molecule has 0 fully saturated rings. The zero-order valence-corrected chi connectivity index (χ0v) is 16.6. The molecule has 0 saturated heterocycles. The molecule has 0 bridgehead atoms. The number of anilines is 1. The van der Waals surface area contributed by atoms with Gasteiger partial charge in [-0.3, -0.25) is 9.59 Å². The predicted molar refractivity (Wildman–Crippen MR) is 107 cm³/mol. The van der Waals surface area contributed by atoms with Crippen molar-refractivity contribution in [2.24, 2.45) is 0 Å². The summed E-state index contributed by atoms with van der Waals surface area (Å²) in [5.74, 6) is 0.179. The third-order valence-electron chi connectivity index (χ3n) is 3.96. The van der Waals surface area contributed by atoms with Gasteiger partial charge in [-0.1, -0.05) is 15.9 Å². The molecule has 3 rings (SSSR count). The number of benzene rings is 2. The summed E-state index contributed by atoms with van der Waals surface area (Å²) in [6, 6.07) is 12.6. The van der Waals surface area contributed by atoms with Crippen molar-refractivity contribution in [2.45, 2.75) is 13.8 Å². The minimum absolute atomic E-state index is 0.160. The van der Waals surface area contributed by atoms with Gasteiger partial charge in [0, 0.05) is 21.1 Å². The fraction of sp³-hybridized carbons (Fsp3) is 0.200. The van der Waals surface area contributed by atoms with E-state index < -0.39 is 5.91 Å². The molecule has 0 spiro atoms. The van der Waals surface area contributed by atoms with Crippen LogP contribution in [0.25, 0.3) is 11.0 Å². The highest BCUT2D eigenvalue weighted by Gasteiger charge is 2.18. The Bertz CT molecular complexity index is 980. The van der Waals surface area contributed by atoms with E-state index in [0.717, 1.165) is 21.2 Å². The Hall–Kier alpha value is -2.80. The van der Waals surface area contributed by atoms with E-state index in [1.165, 1.54) is 0 Å². The van der Waals surface area contributed by atoms with E-state index in [1.54, 1.807) is 30.3 Å². The predicted octanol–water partition coefficient (Wildman–Crippen LogP) is 4.27. The lowest BCUT2D eigenvalue weighted by atomic mass is 10.1. The normalized spacial score (nSPS) is 10.6. The molecule has 1 heterocycles. The van der Waals surface area contributed by atoms with Gasteiger partial charge in [0.05, 0.1) is 13.2 Å². The number of amides is 2. The van der Waals surface area contributed by atoms with Crippen LogP contribution in [0.1, 0.15) is 23.0 Å². The minimum atomic E-state index is -0.429. The van der Waals surface area contributed by atoms with E-state index in [9.17, 15) is 9.59 Å². The van der Waals surface area contributed by atoms with Crippen LogP contribution in [-0.4, -0.2) is 25.0 Å². The van der Waals surface area contributed by atoms with E-state index in [2.05, 4.69) is 26.6 Å². The first-order valence-electron chi connectivity index (χ1n) is 8.47. The van der Waals surface area contributed by atoms with Gasteiger partial charge in [-0.15, -0.1) is 0 Å². The van der Waals surface area contributed by atoms with Crippen molar-refractivity contribution in [1.82, 2.24) is 5.32 Å². The Balaban J connectivity index is 1.60. The number of furan rings is 1. The Labute approximate surface area is 165 Å². The second kappa shape index (κ2) is 8.26. The van der Waals surface area contributed by atoms with Crippen LogP contribution in [0.2, 0.25) is 0 Å². The molecule has 2 amide bonds. The topological polar surface area (TPSA) is 80.6 Å². The molecule has 1 aromatic heterocycles. The molecule has 0 unspecified atom stereocenters. The first-order chi connectivity index (χ1) is 13.0. The monoisotopic (exact) mass is 430 g/mol. The molecule has 0 aliphatic rings. The molecule has 0 aliphatic heterocycles. The fourth-order valence-corrected chi connectivity index (χ4v) is 3.02. The smallest absolute Gasteiger partial charge is 0.287 e. The van der Waals surface area contributed by atoms with Crippen LogP contribution in [0.5, 0.6) is 5.75 Å². The van der Waals surface area contributed by atoms with Crippen LogP contribution in [0.15, 0.2) is 51.4 Å². The molecule has 27 heavy (non-hydrogen) atoms. The van der Waals surface area contributed by atoms with Gasteiger partial charge in [0.25, 0.3) is 5.91 Å². The third-order valence-corrected chi connectivity index (χ3v) is 4.46. The van der Waals surface area contributed by atoms with Gasteiger partial charge in [-0.05, 0) is 56.3 Å². The second-order valence-corrected chi connectivity index (χ2v) is 6.80. The number of carbonyl (C=O) groups excluding carboxylic acids is 2. The molecule has 0 aliphatic carbocycles. The van der Waals surface area contributed by atoms with Crippen LogP contribution in [0.3, 0.4) is 0 Å². The third kappa shape index (κ3) is 4.49. The van der Waals surface area contributed by atoms with Crippen molar-refractivity contribution in [3.8, 4) is 5.75 Å². The number of carbonyl (C=O) groups is 2. The second-order valence-electron chi connectivity index (χ2n) is 5.88. The quantitative estimate of drug-likeness (QED) is 0.611. The van der Waals surface area contributed by atoms with Gasteiger partial charge < -0.3 is 19.8 Å². The zero-order valence-electron chi connectivity index (χ0n) is 15.0. The maximum Gasteiger partial charge on any atom is 0.287 e. The van der Waals surface area contributed by atoms with Crippen LogP contribution < -0.4 is 15.4 Å². The summed E-state index contributed by atoms with van der Waals surface area (Å²) >= 11 is 3.40. The van der Waals surface area contributed by atoms with Gasteiger partial charge in [0.1, 0.15) is 11.3 Å². The molecular formula is C20H19BrN2O4. The first-order valence-corrected chi connectivity index (χ1v) is 9.26. The molecule has 3 aromatic rings. The molecule has 2 aromatic carbocycles. The molecule has 7 heteroatoms. The molecule has 0 saturated carbocycles. The van der Waals surface area contributed by atoms with Crippen LogP contribution >= 0.6 is 15.9 Å². The number of nitrogens with one attached hydrogen (secondary N) is 2. The summed E-state index contributed by atoms with van der Waals surface area (Å²) in [7, 11) is 0. The summed E-state index contributed by atoms with van der Waals surface area (Å²) in [6.45, 7) is 4.14. The number of rotatable bonds is 6. The maximum atomic E-state index is 12.4. The molecular weight excluding hydrogens is 412 g/mol. The van der Waals surface area contributed by atoms with Crippen molar-refractivity contribution in [3.05, 3.63) is 58.3 Å². The number of aryl methyl sites for hydroxylation is 1. The Kier molecular flexibility index (Phi) is 5.81. The van der Waals surface area contributed by atoms with E-state index in [4.69, 9.17) is 9.15 Å². The lowest BCUT2D eigenvalue weighted by molar-refractivity contribution is -0.115. The van der Waals surface area contributed by atoms with Crippen molar-refractivity contribution in [3.63, 3.8) is 0 Å². The van der Waals surface area contributed by atoms with E-state index in [-0.39, 0.29) is 18.2 Å². The Morgan fingerprint density at radius 2 is 1.89 bits per heavy atom. The highest BCUT2D eigenvalue weighted by Crippen LogP contribution is 2.28. The van der Waals surface area contributed by atoms with Crippen molar-refractivity contribution in [2.75, 3.05) is 18.5 Å². The summed E-state index contributed by atoms with van der Waals surface area (Å²) in [6.07, 6.45) is 0. The molecule has 2 N–H and O–H groups in total. The van der Waals surface area contributed by atoms with Crippen LogP contribution in [0, 0.1) is 6.92 Å². The van der Waals surface area contributed by atoms with Crippen molar-refractivity contribution in [1.29, 1.82) is 0 Å². The van der Waals surface area contributed by atoms with Gasteiger partial charge in [-0.2, -0.15) is 0 Å². The highest BCUT2D eigenvalue weighted by atomic mass is 79.9. The largest absolute Gasteiger partial charge is 0.494 e. The van der Waals surface area contributed by atoms with E-state index in [0.29, 0.717) is 17.9 Å². The highest BCUT2D eigenvalue weighted by molar-refractivity contribution is 9.10. The average Bonchev–Trinajstić information content (AvgIpc) is 2.98. The standard InChI is InChI=1S/C20H19BrN2O4/c1-3-26-15-7-5-14(6-8-15)23-18(24)11-22-20(25)19-12(2)16-10-13(21)4-9-17(16)27-19/h4-10H,3,11H2,1-2H3,(H,22,25)(H,23,24). The van der Waals surface area contributed by atoms with E-state index in [1.807, 2.05) is 26.0 Å². The molecule has 0 atom stereocenters. The molecule has 0 radical (unpaired) electrons. The summed E-state index contributed by atoms with van der Waals surface area (Å²) in [5, 5.41) is 6.16. The molecule has 6 nitrogen and oxygen atoms in total. The van der Waals surface area contributed by atoms with Gasteiger partial charge >= 0.3 is 0 Å². The maximum absolute atomic E-state index is 12.4. The summed E-state index contributed by atoms with van der Waals surface area (Å²) in [4.78, 5) is 24.4. The number of ether oxygens (including phenoxy) is 1. The number of fused-ring (bicyclic) bond motifs is 1. The fourth-order valence-electron chi connectivity index (χ4n) is 2.66. The number of hydrogen-bond acceptors (Lipinski definition) is 4. The van der Waals surface area contributed by atoms with Crippen molar-refractivity contribution >= 4 is 44.4 Å². The van der Waals surface area contributed by atoms with Crippen LogP contribution in [0.4, 0.5) is 5.69 Å². The first kappa shape index (κ1) is 19.0. The number of hydrogen-bond donors (Lipinski definition) is 2. The van der Waals surface area contributed by atoms with E-state index >= 15 is 0 Å². The zero-order chi connectivity index (χ0) is 19.4. The average molecular weight is 431 g/mol. The van der Waals surface area contributed by atoms with Gasteiger partial charge in [-0.25, -0.2) is 0 Å². The van der Waals surface area contributed by atoms with Gasteiger partial charge in [0.15, 0.2) is 5.76 Å². The van der Waals surface area contributed by atoms with Crippen molar-refractivity contribution < 1.29 is 18.7 Å². The van der Waals surface area contributed by atoms with Gasteiger partial charge in [0.2, 0.25) is 5.91 Å². The lowest BCUT2D eigenvalue weighted by Crippen LogP contribution is -2.32. The minimum Gasteiger partial charge on any atom is -0.494 e. The SMILES string of the molecule is CCOc1ccc(NC(=O)CNC(=O)c2oc3ccc(Br)cc3c2C)cc1.